The monoisotopic (exact) mass is 393 g/mol. The van der Waals surface area contributed by atoms with Gasteiger partial charge in [-0.1, -0.05) is 44.2 Å². The summed E-state index contributed by atoms with van der Waals surface area (Å²) in [5.74, 6) is 1.44. The van der Waals surface area contributed by atoms with Gasteiger partial charge < -0.3 is 20.9 Å². The molecule has 1 aromatic heterocycles. The Labute approximate surface area is 170 Å². The summed E-state index contributed by atoms with van der Waals surface area (Å²) in [5.41, 5.74) is 12.9. The second-order valence-electron chi connectivity index (χ2n) is 8.00. The molecular formula is C23H27N3O3. The first-order valence-electron chi connectivity index (χ1n) is 9.62. The maximum atomic E-state index is 11.0. The predicted octanol–water partition coefficient (Wildman–Crippen LogP) is 4.50. The largest absolute Gasteiger partial charge is 0.491 e. The number of nitrogens with two attached hydrogens (primary N) is 2. The highest BCUT2D eigenvalue weighted by molar-refractivity contribution is 6.00. The summed E-state index contributed by atoms with van der Waals surface area (Å²) in [4.78, 5) is 15.0. The maximum Gasteiger partial charge on any atom is 0.411 e. The lowest BCUT2D eigenvalue weighted by molar-refractivity contribution is 0.208. The van der Waals surface area contributed by atoms with Crippen LogP contribution in [0.15, 0.2) is 54.7 Å². The van der Waals surface area contributed by atoms with Crippen LogP contribution in [0.1, 0.15) is 27.2 Å². The van der Waals surface area contributed by atoms with Crippen LogP contribution in [0.2, 0.25) is 0 Å². The molecule has 1 atom stereocenters. The standard InChI is InChI=1S/C23H27N3O3/c1-15(2)13-23(3,25)14-28-20-9-8-17(18-6-4-5-7-19(18)20)16-10-11-26-21(12-16)29-22(24)27/h4-12,15H,13-14,25H2,1-3H3,(H2,24,27)/t23-/m0/s1. The number of hydrogen-bond acceptors (Lipinski definition) is 5. The number of aromatic nitrogens is 1. The molecular weight excluding hydrogens is 366 g/mol. The Morgan fingerprint density at radius 3 is 2.55 bits per heavy atom. The Morgan fingerprint density at radius 1 is 1.14 bits per heavy atom. The van der Waals surface area contributed by atoms with Gasteiger partial charge in [-0.2, -0.15) is 0 Å². The lowest BCUT2D eigenvalue weighted by atomic mass is 9.92. The SMILES string of the molecule is CC(C)C[C@](C)(N)COc1ccc(-c2ccnc(OC(N)=O)c2)c2ccccc12. The highest BCUT2D eigenvalue weighted by Gasteiger charge is 2.21. The number of amides is 1. The molecule has 0 aliphatic rings. The number of rotatable bonds is 7. The van der Waals surface area contributed by atoms with Gasteiger partial charge in [-0.05, 0) is 47.9 Å². The van der Waals surface area contributed by atoms with E-state index in [0.29, 0.717) is 12.5 Å². The number of benzene rings is 2. The van der Waals surface area contributed by atoms with Crippen molar-refractivity contribution < 1.29 is 14.3 Å². The topological polar surface area (TPSA) is 100 Å². The molecule has 0 bridgehead atoms. The average Bonchev–Trinajstić information content (AvgIpc) is 2.65. The third kappa shape index (κ3) is 5.23. The van der Waals surface area contributed by atoms with Gasteiger partial charge in [-0.3, -0.25) is 0 Å². The number of fused-ring (bicyclic) bond motifs is 1. The predicted molar refractivity (Wildman–Crippen MR) is 115 cm³/mol. The molecule has 1 heterocycles. The van der Waals surface area contributed by atoms with E-state index >= 15 is 0 Å². The van der Waals surface area contributed by atoms with Crippen LogP contribution in [0.25, 0.3) is 21.9 Å². The van der Waals surface area contributed by atoms with Crippen molar-refractivity contribution in [2.75, 3.05) is 6.61 Å². The second-order valence-corrected chi connectivity index (χ2v) is 8.00. The summed E-state index contributed by atoms with van der Waals surface area (Å²) in [7, 11) is 0. The van der Waals surface area contributed by atoms with Crippen LogP contribution in [-0.2, 0) is 0 Å². The van der Waals surface area contributed by atoms with Gasteiger partial charge in [0.25, 0.3) is 0 Å². The molecule has 0 fully saturated rings. The van der Waals surface area contributed by atoms with Gasteiger partial charge in [0.2, 0.25) is 5.88 Å². The number of carbonyl (C=O) groups excluding carboxylic acids is 1. The van der Waals surface area contributed by atoms with Crippen molar-refractivity contribution in [1.82, 2.24) is 4.98 Å². The molecule has 6 heteroatoms. The van der Waals surface area contributed by atoms with E-state index in [1.165, 1.54) is 0 Å². The number of ether oxygens (including phenoxy) is 2. The summed E-state index contributed by atoms with van der Waals surface area (Å²) in [5, 5.41) is 2.00. The third-order valence-electron chi connectivity index (χ3n) is 4.57. The van der Waals surface area contributed by atoms with Crippen molar-refractivity contribution in [3.8, 4) is 22.8 Å². The van der Waals surface area contributed by atoms with Gasteiger partial charge in [0.1, 0.15) is 12.4 Å². The summed E-state index contributed by atoms with van der Waals surface area (Å²) in [6, 6.07) is 15.5. The fourth-order valence-electron chi connectivity index (χ4n) is 3.62. The first-order chi connectivity index (χ1) is 13.7. The van der Waals surface area contributed by atoms with E-state index in [9.17, 15) is 4.79 Å². The minimum Gasteiger partial charge on any atom is -0.491 e. The molecule has 6 nitrogen and oxygen atoms in total. The third-order valence-corrected chi connectivity index (χ3v) is 4.57. The van der Waals surface area contributed by atoms with Gasteiger partial charge in [0.15, 0.2) is 0 Å². The Morgan fingerprint density at radius 2 is 1.86 bits per heavy atom. The molecule has 0 radical (unpaired) electrons. The number of pyridine rings is 1. The van der Waals surface area contributed by atoms with Crippen LogP contribution < -0.4 is 20.9 Å². The summed E-state index contributed by atoms with van der Waals surface area (Å²) in [6.45, 7) is 6.75. The smallest absolute Gasteiger partial charge is 0.411 e. The van der Waals surface area contributed by atoms with Crippen LogP contribution in [0.5, 0.6) is 11.6 Å². The molecule has 0 saturated carbocycles. The number of primary amides is 1. The van der Waals surface area contributed by atoms with E-state index in [-0.39, 0.29) is 5.88 Å². The molecule has 0 spiro atoms. The van der Waals surface area contributed by atoms with Crippen molar-refractivity contribution >= 4 is 16.9 Å². The Bertz CT molecular complexity index is 1020. The quantitative estimate of drug-likeness (QED) is 0.615. The maximum absolute atomic E-state index is 11.0. The molecule has 0 saturated heterocycles. The average molecular weight is 393 g/mol. The molecule has 29 heavy (non-hydrogen) atoms. The lowest BCUT2D eigenvalue weighted by Crippen LogP contribution is -2.43. The molecule has 2 aromatic carbocycles. The van der Waals surface area contributed by atoms with Gasteiger partial charge in [0.05, 0.1) is 0 Å². The molecule has 152 valence electrons. The van der Waals surface area contributed by atoms with Gasteiger partial charge >= 0.3 is 6.09 Å². The van der Waals surface area contributed by atoms with Crippen molar-refractivity contribution in [2.45, 2.75) is 32.7 Å². The summed E-state index contributed by atoms with van der Waals surface area (Å²) < 4.78 is 11.0. The van der Waals surface area contributed by atoms with Crippen molar-refractivity contribution in [3.63, 3.8) is 0 Å². The molecule has 0 aliphatic carbocycles. The van der Waals surface area contributed by atoms with Crippen molar-refractivity contribution in [3.05, 3.63) is 54.7 Å². The first-order valence-corrected chi connectivity index (χ1v) is 9.62. The van der Waals surface area contributed by atoms with E-state index in [0.717, 1.165) is 34.1 Å². The van der Waals surface area contributed by atoms with Crippen molar-refractivity contribution in [2.24, 2.45) is 17.4 Å². The summed E-state index contributed by atoms with van der Waals surface area (Å²) in [6.07, 6.45) is 1.57. The molecule has 4 N–H and O–H groups in total. The first kappa shape index (κ1) is 20.6. The van der Waals surface area contributed by atoms with Crippen LogP contribution in [0.4, 0.5) is 4.79 Å². The van der Waals surface area contributed by atoms with Crippen LogP contribution >= 0.6 is 0 Å². The minimum atomic E-state index is -0.894. The Balaban J connectivity index is 1.95. The molecule has 0 unspecified atom stereocenters. The zero-order valence-corrected chi connectivity index (χ0v) is 17.0. The van der Waals surface area contributed by atoms with E-state index < -0.39 is 11.6 Å². The van der Waals surface area contributed by atoms with Gasteiger partial charge in [0, 0.05) is 23.2 Å². The van der Waals surface area contributed by atoms with Gasteiger partial charge in [-0.15, -0.1) is 0 Å². The summed E-state index contributed by atoms with van der Waals surface area (Å²) >= 11 is 0. The molecule has 3 rings (SSSR count). The number of hydrogen-bond donors (Lipinski definition) is 2. The fourth-order valence-corrected chi connectivity index (χ4v) is 3.62. The lowest BCUT2D eigenvalue weighted by Gasteiger charge is -2.27. The van der Waals surface area contributed by atoms with E-state index in [1.54, 1.807) is 12.3 Å². The number of nitrogens with zero attached hydrogens (tertiary/aromatic N) is 1. The zero-order chi connectivity index (χ0) is 21.0. The minimum absolute atomic E-state index is 0.159. The van der Waals surface area contributed by atoms with Gasteiger partial charge in [-0.25, -0.2) is 9.78 Å². The fraction of sp³-hybridized carbons (Fsp3) is 0.304. The van der Waals surface area contributed by atoms with E-state index in [4.69, 9.17) is 20.9 Å². The Kier molecular flexibility index (Phi) is 6.03. The highest BCUT2D eigenvalue weighted by atomic mass is 16.6. The van der Waals surface area contributed by atoms with Crippen LogP contribution in [0.3, 0.4) is 0 Å². The Hall–Kier alpha value is -3.12. The molecule has 3 aromatic rings. The molecule has 1 amide bonds. The normalized spacial score (nSPS) is 13.3. The van der Waals surface area contributed by atoms with E-state index in [2.05, 4.69) is 18.8 Å². The zero-order valence-electron chi connectivity index (χ0n) is 17.0. The highest BCUT2D eigenvalue weighted by Crippen LogP contribution is 2.35. The van der Waals surface area contributed by atoms with Crippen LogP contribution in [0, 0.1) is 5.92 Å². The second kappa shape index (κ2) is 8.49. The van der Waals surface area contributed by atoms with Crippen LogP contribution in [-0.4, -0.2) is 23.2 Å². The number of carbonyl (C=O) groups is 1. The van der Waals surface area contributed by atoms with E-state index in [1.807, 2.05) is 49.4 Å². The molecule has 0 aliphatic heterocycles. The van der Waals surface area contributed by atoms with Crippen molar-refractivity contribution in [1.29, 1.82) is 0 Å².